The van der Waals surface area contributed by atoms with Gasteiger partial charge in [-0.2, -0.15) is 4.98 Å². The summed E-state index contributed by atoms with van der Waals surface area (Å²) in [6.07, 6.45) is 3.05. The number of fused-ring (bicyclic) bond motifs is 1. The minimum atomic E-state index is -0.571. The number of aromatic nitrogens is 4. The summed E-state index contributed by atoms with van der Waals surface area (Å²) in [5.41, 5.74) is 0.631. The smallest absolute Gasteiger partial charge is 0.259 e. The van der Waals surface area contributed by atoms with Gasteiger partial charge < -0.3 is 14.8 Å². The number of hydrogen-bond donors (Lipinski definition) is 2. The molecule has 3 aromatic heterocycles. The summed E-state index contributed by atoms with van der Waals surface area (Å²) in [5.74, 6) is 0.173. The second-order valence-corrected chi connectivity index (χ2v) is 7.96. The number of pyridine rings is 2. The molecule has 0 atom stereocenters. The summed E-state index contributed by atoms with van der Waals surface area (Å²) in [6.45, 7) is 0. The van der Waals surface area contributed by atoms with E-state index in [1.165, 1.54) is 17.9 Å². The number of nitrogens with one attached hydrogen (secondary N) is 2. The summed E-state index contributed by atoms with van der Waals surface area (Å²) in [4.78, 5) is 26.2. The number of nitrogens with zero attached hydrogens (tertiary/aromatic N) is 4. The topological polar surface area (TPSA) is 94.0 Å². The number of halogens is 2. The number of aryl methyl sites for hydroxylation is 1. The van der Waals surface area contributed by atoms with Crippen LogP contribution in [-0.4, -0.2) is 33.7 Å². The molecule has 164 valence electrons. The van der Waals surface area contributed by atoms with Crippen molar-refractivity contribution >= 4 is 46.2 Å². The van der Waals surface area contributed by atoms with Crippen LogP contribution >= 0.6 is 23.5 Å². The predicted molar refractivity (Wildman–Crippen MR) is 125 cm³/mol. The first-order valence-corrected chi connectivity index (χ1v) is 10.6. The van der Waals surface area contributed by atoms with Gasteiger partial charge in [0.2, 0.25) is 11.8 Å². The zero-order valence-electron chi connectivity index (χ0n) is 17.3. The summed E-state index contributed by atoms with van der Waals surface area (Å²) >= 11 is 7.11. The highest BCUT2D eigenvalue weighted by Gasteiger charge is 2.17. The molecule has 11 heteroatoms. The molecule has 0 amide bonds. The van der Waals surface area contributed by atoms with E-state index in [-0.39, 0.29) is 22.4 Å². The van der Waals surface area contributed by atoms with Crippen LogP contribution in [0.2, 0.25) is 5.02 Å². The van der Waals surface area contributed by atoms with Crippen molar-refractivity contribution in [3.05, 3.63) is 63.9 Å². The molecule has 0 aliphatic rings. The number of ether oxygens (including phenoxy) is 1. The van der Waals surface area contributed by atoms with Crippen molar-refractivity contribution in [1.29, 1.82) is 0 Å². The molecule has 3 heterocycles. The highest BCUT2D eigenvalue weighted by molar-refractivity contribution is 8.00. The highest BCUT2D eigenvalue weighted by Crippen LogP contribution is 2.33. The molecule has 32 heavy (non-hydrogen) atoms. The third-order valence-corrected chi connectivity index (χ3v) is 5.75. The van der Waals surface area contributed by atoms with Gasteiger partial charge in [0.05, 0.1) is 28.3 Å². The Bertz CT molecular complexity index is 1380. The first kappa shape index (κ1) is 21.8. The number of hydrogen-bond acceptors (Lipinski definition) is 8. The number of anilines is 2. The van der Waals surface area contributed by atoms with E-state index >= 15 is 4.39 Å². The monoisotopic (exact) mass is 472 g/mol. The van der Waals surface area contributed by atoms with Crippen LogP contribution in [-0.2, 0) is 7.05 Å². The molecule has 0 fully saturated rings. The third-order valence-electron chi connectivity index (χ3n) is 4.71. The first-order chi connectivity index (χ1) is 15.4. The average molecular weight is 473 g/mol. The average Bonchev–Trinajstić information content (AvgIpc) is 2.81. The van der Waals surface area contributed by atoms with E-state index in [9.17, 15) is 4.79 Å². The fourth-order valence-electron chi connectivity index (χ4n) is 3.12. The van der Waals surface area contributed by atoms with Gasteiger partial charge in [-0.25, -0.2) is 14.4 Å². The van der Waals surface area contributed by atoms with Gasteiger partial charge in [-0.1, -0.05) is 23.7 Å². The van der Waals surface area contributed by atoms with Gasteiger partial charge in [-0.15, -0.1) is 0 Å². The largest absolute Gasteiger partial charge is 0.480 e. The molecule has 0 saturated carbocycles. The highest BCUT2D eigenvalue weighted by atomic mass is 35.5. The second-order valence-electron chi connectivity index (χ2n) is 6.68. The summed E-state index contributed by atoms with van der Waals surface area (Å²) in [5, 5.41) is 3.88. The normalized spacial score (nSPS) is 10.9. The SMILES string of the molecule is CNc1ncc2cc(-c3cccc(NSc4cc(Cl)cnc4OC)c3F)c(=O)n(C)c2n1. The van der Waals surface area contributed by atoms with Gasteiger partial charge in [0.25, 0.3) is 5.56 Å². The molecule has 0 aliphatic carbocycles. The molecule has 0 aliphatic heterocycles. The Morgan fingerprint density at radius 1 is 1.19 bits per heavy atom. The van der Waals surface area contributed by atoms with Gasteiger partial charge in [-0.05, 0) is 30.1 Å². The van der Waals surface area contributed by atoms with Gasteiger partial charge in [-0.3, -0.25) is 9.36 Å². The molecule has 1 aromatic carbocycles. The van der Waals surface area contributed by atoms with E-state index in [1.54, 1.807) is 50.6 Å². The van der Waals surface area contributed by atoms with E-state index < -0.39 is 5.82 Å². The third kappa shape index (κ3) is 4.06. The Morgan fingerprint density at radius 3 is 2.75 bits per heavy atom. The van der Waals surface area contributed by atoms with Gasteiger partial charge in [0.1, 0.15) is 5.65 Å². The van der Waals surface area contributed by atoms with Crippen molar-refractivity contribution in [3.63, 3.8) is 0 Å². The van der Waals surface area contributed by atoms with E-state index in [1.807, 2.05) is 0 Å². The lowest BCUT2D eigenvalue weighted by Crippen LogP contribution is -2.20. The maximum absolute atomic E-state index is 15.4. The zero-order valence-corrected chi connectivity index (χ0v) is 18.9. The van der Waals surface area contributed by atoms with Crippen molar-refractivity contribution < 1.29 is 9.13 Å². The van der Waals surface area contributed by atoms with Gasteiger partial charge in [0.15, 0.2) is 5.82 Å². The molecule has 0 saturated heterocycles. The fraction of sp³-hybridized carbons (Fsp3) is 0.143. The van der Waals surface area contributed by atoms with Crippen molar-refractivity contribution in [2.75, 3.05) is 24.2 Å². The van der Waals surface area contributed by atoms with E-state index in [4.69, 9.17) is 16.3 Å². The van der Waals surface area contributed by atoms with Crippen molar-refractivity contribution in [3.8, 4) is 17.0 Å². The standard InChI is InChI=1S/C21H18ClFN6O2S/c1-24-21-26-9-11-7-14(20(30)29(2)18(11)27-21)13-5-4-6-15(17(13)23)28-32-16-8-12(22)10-25-19(16)31-3/h4-10,28H,1-3H3,(H,24,26,27). The quantitative estimate of drug-likeness (QED) is 0.400. The number of rotatable bonds is 6. The first-order valence-electron chi connectivity index (χ1n) is 9.38. The maximum atomic E-state index is 15.4. The van der Waals surface area contributed by atoms with Crippen LogP contribution in [0.4, 0.5) is 16.0 Å². The summed E-state index contributed by atoms with van der Waals surface area (Å²) in [6, 6.07) is 8.04. The minimum absolute atomic E-state index is 0.159. The van der Waals surface area contributed by atoms with Crippen LogP contribution in [0.15, 0.2) is 52.4 Å². The van der Waals surface area contributed by atoms with E-state index in [0.29, 0.717) is 32.8 Å². The Labute approximate surface area is 192 Å². The lowest BCUT2D eigenvalue weighted by atomic mass is 10.0. The van der Waals surface area contributed by atoms with E-state index in [0.717, 1.165) is 11.9 Å². The lowest BCUT2D eigenvalue weighted by molar-refractivity contribution is 0.387. The molecule has 0 radical (unpaired) electrons. The van der Waals surface area contributed by atoms with Crippen LogP contribution in [0.25, 0.3) is 22.2 Å². The van der Waals surface area contributed by atoms with Crippen LogP contribution in [0.3, 0.4) is 0 Å². The Morgan fingerprint density at radius 2 is 2.00 bits per heavy atom. The molecule has 4 aromatic rings. The van der Waals surface area contributed by atoms with E-state index in [2.05, 4.69) is 25.0 Å². The van der Waals surface area contributed by atoms with Gasteiger partial charge in [0, 0.05) is 37.4 Å². The molecule has 0 spiro atoms. The Hall–Kier alpha value is -3.37. The number of benzene rings is 1. The van der Waals surface area contributed by atoms with Crippen LogP contribution < -0.4 is 20.3 Å². The summed E-state index contributed by atoms with van der Waals surface area (Å²) in [7, 11) is 4.77. The van der Waals surface area contributed by atoms with Crippen LogP contribution in [0.1, 0.15) is 0 Å². The zero-order chi connectivity index (χ0) is 22.8. The lowest BCUT2D eigenvalue weighted by Gasteiger charge is -2.13. The molecule has 2 N–H and O–H groups in total. The van der Waals surface area contributed by atoms with Gasteiger partial charge >= 0.3 is 0 Å². The molecular weight excluding hydrogens is 455 g/mol. The predicted octanol–water partition coefficient (Wildman–Crippen LogP) is 4.35. The van der Waals surface area contributed by atoms with Crippen molar-refractivity contribution in [2.24, 2.45) is 7.05 Å². The Kier molecular flexibility index (Phi) is 6.15. The van der Waals surface area contributed by atoms with Crippen LogP contribution in [0.5, 0.6) is 5.88 Å². The maximum Gasteiger partial charge on any atom is 0.259 e. The molecule has 4 rings (SSSR count). The molecular formula is C21H18ClFN6O2S. The minimum Gasteiger partial charge on any atom is -0.480 e. The summed E-state index contributed by atoms with van der Waals surface area (Å²) < 4.78 is 25.0. The van der Waals surface area contributed by atoms with Crippen molar-refractivity contribution in [1.82, 2.24) is 19.5 Å². The van der Waals surface area contributed by atoms with Crippen molar-refractivity contribution in [2.45, 2.75) is 4.90 Å². The fourth-order valence-corrected chi connectivity index (χ4v) is 4.13. The van der Waals surface area contributed by atoms with Crippen LogP contribution in [0, 0.1) is 5.82 Å². The molecule has 0 bridgehead atoms. The molecule has 8 nitrogen and oxygen atoms in total. The second kappa shape index (κ2) is 9.01. The number of methoxy groups -OCH3 is 1. The molecule has 0 unspecified atom stereocenters. The Balaban J connectivity index is 1.73.